The third kappa shape index (κ3) is 4.39. The number of fused-ring (bicyclic) bond motifs is 2. The molecule has 0 aliphatic heterocycles. The molecule has 0 aromatic carbocycles. The fraction of sp³-hybridized carbons (Fsp3) is 0.500. The summed E-state index contributed by atoms with van der Waals surface area (Å²) < 4.78 is 29.4. The van der Waals surface area contributed by atoms with Gasteiger partial charge in [0, 0.05) is 37.1 Å². The van der Waals surface area contributed by atoms with E-state index >= 15 is 0 Å². The number of amides is 1. The minimum absolute atomic E-state index is 0.00491. The summed E-state index contributed by atoms with van der Waals surface area (Å²) in [5.41, 5.74) is 1.39. The van der Waals surface area contributed by atoms with Crippen LogP contribution in [-0.2, 0) is 14.8 Å². The van der Waals surface area contributed by atoms with Crippen LogP contribution in [0.4, 0.5) is 5.82 Å². The van der Waals surface area contributed by atoms with Crippen molar-refractivity contribution in [1.29, 1.82) is 0 Å². The number of pyridine rings is 2. The molecule has 4 unspecified atom stereocenters. The number of nitrogens with one attached hydrogen (secondary N) is 2. The maximum Gasteiger partial charge on any atom is 0.242 e. The summed E-state index contributed by atoms with van der Waals surface area (Å²) in [5.74, 6) is 1.78. The van der Waals surface area contributed by atoms with Crippen molar-refractivity contribution in [2.45, 2.75) is 56.9 Å². The second-order valence-electron chi connectivity index (χ2n) is 8.51. The fourth-order valence-corrected chi connectivity index (χ4v) is 6.42. The predicted molar refractivity (Wildman–Crippen MR) is 115 cm³/mol. The van der Waals surface area contributed by atoms with Crippen molar-refractivity contribution >= 4 is 21.7 Å². The van der Waals surface area contributed by atoms with Gasteiger partial charge >= 0.3 is 0 Å². The maximum atomic E-state index is 13.2. The Balaban J connectivity index is 1.59. The highest BCUT2D eigenvalue weighted by Crippen LogP contribution is 2.46. The number of nitrogens with zero attached hydrogens (tertiary/aromatic N) is 2. The van der Waals surface area contributed by atoms with Gasteiger partial charge in [-0.15, -0.1) is 0 Å². The first kappa shape index (κ1) is 20.9. The van der Waals surface area contributed by atoms with E-state index in [1.165, 1.54) is 19.5 Å². The van der Waals surface area contributed by atoms with Gasteiger partial charge in [0.1, 0.15) is 10.7 Å². The summed E-state index contributed by atoms with van der Waals surface area (Å²) in [5, 5.41) is 2.64. The van der Waals surface area contributed by atoms with Gasteiger partial charge < -0.3 is 5.32 Å². The summed E-state index contributed by atoms with van der Waals surface area (Å²) in [6.45, 7) is 3.56. The standard InChI is InChI=1S/C22H28N4O3S/c1-3-16-8-15-4-5-18(9-15)22(16)26-30(28,29)20-10-19(12-23-13-20)17-6-7-24-21(11-17)25-14(2)27/h6-7,10-13,15-16,18,22,26H,3-5,8-9H2,1-2H3,(H,24,25,27). The van der Waals surface area contributed by atoms with Gasteiger partial charge in [-0.2, -0.15) is 0 Å². The van der Waals surface area contributed by atoms with Crippen LogP contribution >= 0.6 is 0 Å². The van der Waals surface area contributed by atoms with Gasteiger partial charge in [0.05, 0.1) is 0 Å². The molecule has 2 aromatic rings. The molecule has 2 aliphatic rings. The fourth-order valence-electron chi connectivity index (χ4n) is 5.06. The topological polar surface area (TPSA) is 101 Å². The quantitative estimate of drug-likeness (QED) is 0.732. The highest BCUT2D eigenvalue weighted by Gasteiger charge is 2.42. The Kier molecular flexibility index (Phi) is 5.88. The zero-order valence-corrected chi connectivity index (χ0v) is 18.2. The maximum absolute atomic E-state index is 13.2. The van der Waals surface area contributed by atoms with Gasteiger partial charge in [0.2, 0.25) is 15.9 Å². The van der Waals surface area contributed by atoms with Gasteiger partial charge in [-0.05, 0) is 60.8 Å². The van der Waals surface area contributed by atoms with E-state index in [1.54, 1.807) is 30.6 Å². The lowest BCUT2D eigenvalue weighted by molar-refractivity contribution is -0.114. The Labute approximate surface area is 177 Å². The van der Waals surface area contributed by atoms with Crippen molar-refractivity contribution in [3.63, 3.8) is 0 Å². The largest absolute Gasteiger partial charge is 0.311 e. The Morgan fingerprint density at radius 1 is 1.17 bits per heavy atom. The number of aromatic nitrogens is 2. The molecule has 160 valence electrons. The zero-order valence-electron chi connectivity index (χ0n) is 17.3. The number of carbonyl (C=O) groups is 1. The van der Waals surface area contributed by atoms with Crippen LogP contribution in [-0.4, -0.2) is 30.3 Å². The van der Waals surface area contributed by atoms with Crippen LogP contribution in [0.1, 0.15) is 46.0 Å². The molecular formula is C22H28N4O3S. The monoisotopic (exact) mass is 428 g/mol. The number of sulfonamides is 1. The molecule has 2 heterocycles. The van der Waals surface area contributed by atoms with E-state index in [2.05, 4.69) is 26.9 Å². The molecule has 7 nitrogen and oxygen atoms in total. The smallest absolute Gasteiger partial charge is 0.242 e. The average Bonchev–Trinajstić information content (AvgIpc) is 3.12. The first-order valence-electron chi connectivity index (χ1n) is 10.6. The Bertz CT molecular complexity index is 1040. The van der Waals surface area contributed by atoms with E-state index in [1.807, 2.05) is 0 Å². The molecule has 4 rings (SSSR count). The molecule has 2 N–H and O–H groups in total. The second-order valence-corrected chi connectivity index (χ2v) is 10.2. The van der Waals surface area contributed by atoms with Gasteiger partial charge in [0.25, 0.3) is 0 Å². The number of carbonyl (C=O) groups excluding carboxylic acids is 1. The summed E-state index contributed by atoms with van der Waals surface area (Å²) in [6.07, 6.45) is 10.1. The molecule has 0 spiro atoms. The zero-order chi connectivity index (χ0) is 21.3. The van der Waals surface area contributed by atoms with Crippen molar-refractivity contribution in [2.75, 3.05) is 5.32 Å². The van der Waals surface area contributed by atoms with Crippen molar-refractivity contribution in [1.82, 2.24) is 14.7 Å². The normalized spacial score (nSPS) is 25.8. The number of hydrogen-bond acceptors (Lipinski definition) is 5. The van der Waals surface area contributed by atoms with Crippen molar-refractivity contribution in [2.24, 2.45) is 17.8 Å². The highest BCUT2D eigenvalue weighted by atomic mass is 32.2. The number of anilines is 1. The van der Waals surface area contributed by atoms with Crippen LogP contribution in [0.25, 0.3) is 11.1 Å². The first-order chi connectivity index (χ1) is 14.4. The lowest BCUT2D eigenvalue weighted by Gasteiger charge is -2.36. The molecule has 0 radical (unpaired) electrons. The molecule has 0 saturated heterocycles. The predicted octanol–water partition coefficient (Wildman–Crippen LogP) is 3.60. The van der Waals surface area contributed by atoms with Crippen LogP contribution in [0.2, 0.25) is 0 Å². The summed E-state index contributed by atoms with van der Waals surface area (Å²) in [6, 6.07) is 5.09. The highest BCUT2D eigenvalue weighted by molar-refractivity contribution is 7.89. The van der Waals surface area contributed by atoms with Gasteiger partial charge in [0.15, 0.2) is 0 Å². The van der Waals surface area contributed by atoms with Crippen LogP contribution in [0, 0.1) is 17.8 Å². The Hall–Kier alpha value is -2.32. The van der Waals surface area contributed by atoms with Crippen molar-refractivity contribution in [3.05, 3.63) is 36.8 Å². The lowest BCUT2D eigenvalue weighted by atomic mass is 9.76. The third-order valence-corrected chi connectivity index (χ3v) is 7.90. The third-order valence-electron chi connectivity index (χ3n) is 6.47. The molecule has 2 fully saturated rings. The molecular weight excluding hydrogens is 400 g/mol. The minimum atomic E-state index is -3.68. The van der Waals surface area contributed by atoms with Crippen LogP contribution in [0.3, 0.4) is 0 Å². The first-order valence-corrected chi connectivity index (χ1v) is 12.1. The van der Waals surface area contributed by atoms with Crippen LogP contribution in [0.5, 0.6) is 0 Å². The van der Waals surface area contributed by atoms with E-state index < -0.39 is 10.0 Å². The summed E-state index contributed by atoms with van der Waals surface area (Å²) in [7, 11) is -3.68. The van der Waals surface area contributed by atoms with E-state index in [0.29, 0.717) is 23.2 Å². The van der Waals surface area contributed by atoms with Crippen molar-refractivity contribution < 1.29 is 13.2 Å². The Morgan fingerprint density at radius 2 is 2.00 bits per heavy atom. The number of hydrogen-bond donors (Lipinski definition) is 2. The van der Waals surface area contributed by atoms with Crippen LogP contribution < -0.4 is 10.0 Å². The average molecular weight is 429 g/mol. The van der Waals surface area contributed by atoms with E-state index in [9.17, 15) is 13.2 Å². The second kappa shape index (κ2) is 8.43. The molecule has 30 heavy (non-hydrogen) atoms. The molecule has 2 bridgehead atoms. The van der Waals surface area contributed by atoms with Crippen LogP contribution in [0.15, 0.2) is 41.7 Å². The molecule has 1 amide bonds. The summed E-state index contributed by atoms with van der Waals surface area (Å²) >= 11 is 0. The van der Waals surface area contributed by atoms with E-state index in [-0.39, 0.29) is 16.8 Å². The van der Waals surface area contributed by atoms with Gasteiger partial charge in [-0.1, -0.05) is 19.8 Å². The molecule has 2 aliphatic carbocycles. The molecule has 2 aromatic heterocycles. The molecule has 8 heteroatoms. The number of rotatable bonds is 6. The van der Waals surface area contributed by atoms with Gasteiger partial charge in [-0.3, -0.25) is 9.78 Å². The lowest BCUT2D eigenvalue weighted by Crippen LogP contribution is -2.46. The van der Waals surface area contributed by atoms with Crippen molar-refractivity contribution in [3.8, 4) is 11.1 Å². The van der Waals surface area contributed by atoms with E-state index in [0.717, 1.165) is 37.2 Å². The Morgan fingerprint density at radius 3 is 2.77 bits per heavy atom. The minimum Gasteiger partial charge on any atom is -0.311 e. The molecule has 4 atom stereocenters. The van der Waals surface area contributed by atoms with Gasteiger partial charge in [-0.25, -0.2) is 18.1 Å². The summed E-state index contributed by atoms with van der Waals surface area (Å²) in [4.78, 5) is 19.7. The SMILES string of the molecule is CCC1CC2CCC(C2)C1NS(=O)(=O)c1cncc(-c2ccnc(NC(C)=O)c2)c1. The van der Waals surface area contributed by atoms with E-state index in [4.69, 9.17) is 0 Å². The molecule has 2 saturated carbocycles.